The van der Waals surface area contributed by atoms with E-state index in [1.165, 1.54) is 0 Å². The Morgan fingerprint density at radius 3 is 2.47 bits per heavy atom. The second-order valence-electron chi connectivity index (χ2n) is 6.72. The minimum absolute atomic E-state index is 0.189. The molecule has 158 valence electrons. The van der Waals surface area contributed by atoms with Crippen LogP contribution in [0.15, 0.2) is 84.0 Å². The van der Waals surface area contributed by atoms with Gasteiger partial charge < -0.3 is 15.2 Å². The fourth-order valence-corrected chi connectivity index (χ4v) is 3.82. The van der Waals surface area contributed by atoms with Crippen molar-refractivity contribution in [1.82, 2.24) is 10.3 Å². The first-order valence-corrected chi connectivity index (χ1v) is 11.1. The molecule has 0 saturated heterocycles. The molecule has 0 amide bonds. The maximum atomic E-state index is 12.3. The number of pyridine rings is 1. The van der Waals surface area contributed by atoms with Crippen LogP contribution in [-0.4, -0.2) is 44.3 Å². The summed E-state index contributed by atoms with van der Waals surface area (Å²) in [5.74, 6) is 0.625. The van der Waals surface area contributed by atoms with Crippen molar-refractivity contribution < 1.29 is 18.3 Å². The van der Waals surface area contributed by atoms with E-state index in [0.29, 0.717) is 24.5 Å². The van der Waals surface area contributed by atoms with Gasteiger partial charge in [-0.25, -0.2) is 8.42 Å². The summed E-state index contributed by atoms with van der Waals surface area (Å²) < 4.78 is 32.7. The van der Waals surface area contributed by atoms with Crippen LogP contribution in [0.1, 0.15) is 5.56 Å². The van der Waals surface area contributed by atoms with Crippen molar-refractivity contribution in [2.75, 3.05) is 24.4 Å². The van der Waals surface area contributed by atoms with E-state index in [2.05, 4.69) is 15.0 Å². The molecule has 8 heteroatoms. The fourth-order valence-electron chi connectivity index (χ4n) is 2.74. The molecule has 1 unspecified atom stereocenters. The SMILES string of the molecule is O=S(=O)(Nc1ccc(CCNCC(O)COc2cccnc2)cc1)c1ccccc1. The Balaban J connectivity index is 1.38. The van der Waals surface area contributed by atoms with E-state index in [9.17, 15) is 13.5 Å². The van der Waals surface area contributed by atoms with E-state index < -0.39 is 16.1 Å². The number of sulfonamides is 1. The minimum Gasteiger partial charge on any atom is -0.489 e. The van der Waals surface area contributed by atoms with E-state index >= 15 is 0 Å². The molecule has 0 saturated carbocycles. The van der Waals surface area contributed by atoms with Crippen molar-refractivity contribution in [2.45, 2.75) is 17.4 Å². The highest BCUT2D eigenvalue weighted by molar-refractivity contribution is 7.92. The predicted molar refractivity (Wildman–Crippen MR) is 116 cm³/mol. The van der Waals surface area contributed by atoms with Gasteiger partial charge in [0.05, 0.1) is 11.1 Å². The molecule has 1 heterocycles. The fraction of sp³-hybridized carbons (Fsp3) is 0.227. The minimum atomic E-state index is -3.59. The highest BCUT2D eigenvalue weighted by Gasteiger charge is 2.13. The summed E-state index contributed by atoms with van der Waals surface area (Å²) in [6.07, 6.45) is 3.39. The van der Waals surface area contributed by atoms with E-state index in [1.54, 1.807) is 67.0 Å². The number of nitrogens with zero attached hydrogens (tertiary/aromatic N) is 1. The highest BCUT2D eigenvalue weighted by atomic mass is 32.2. The third-order valence-corrected chi connectivity index (χ3v) is 5.70. The van der Waals surface area contributed by atoms with Crippen LogP contribution < -0.4 is 14.8 Å². The molecule has 0 aliphatic heterocycles. The van der Waals surface area contributed by atoms with E-state index in [4.69, 9.17) is 4.74 Å². The zero-order valence-corrected chi connectivity index (χ0v) is 17.3. The molecular weight excluding hydrogens is 402 g/mol. The molecular formula is C22H25N3O4S. The monoisotopic (exact) mass is 427 g/mol. The molecule has 0 aliphatic carbocycles. The Morgan fingerprint density at radius 2 is 1.77 bits per heavy atom. The summed E-state index contributed by atoms with van der Waals surface area (Å²) in [6, 6.07) is 19.1. The zero-order valence-electron chi connectivity index (χ0n) is 16.4. The molecule has 1 aromatic heterocycles. The van der Waals surface area contributed by atoms with Crippen LogP contribution >= 0.6 is 0 Å². The average molecular weight is 428 g/mol. The number of aromatic nitrogens is 1. The van der Waals surface area contributed by atoms with Gasteiger partial charge in [0.25, 0.3) is 10.0 Å². The Morgan fingerprint density at radius 1 is 1.00 bits per heavy atom. The number of hydrogen-bond donors (Lipinski definition) is 3. The predicted octanol–water partition coefficient (Wildman–Crippen LogP) is 2.45. The lowest BCUT2D eigenvalue weighted by molar-refractivity contribution is 0.106. The molecule has 7 nitrogen and oxygen atoms in total. The van der Waals surface area contributed by atoms with Crippen LogP contribution in [0.5, 0.6) is 5.75 Å². The van der Waals surface area contributed by atoms with Crippen molar-refractivity contribution in [3.63, 3.8) is 0 Å². The van der Waals surface area contributed by atoms with Crippen molar-refractivity contribution in [3.05, 3.63) is 84.7 Å². The second kappa shape index (κ2) is 10.7. The van der Waals surface area contributed by atoms with Gasteiger partial charge in [-0.1, -0.05) is 30.3 Å². The maximum absolute atomic E-state index is 12.3. The number of hydrogen-bond acceptors (Lipinski definition) is 6. The van der Waals surface area contributed by atoms with Gasteiger partial charge in [-0.3, -0.25) is 9.71 Å². The van der Waals surface area contributed by atoms with Crippen molar-refractivity contribution in [3.8, 4) is 5.75 Å². The molecule has 0 aliphatic rings. The lowest BCUT2D eigenvalue weighted by Crippen LogP contribution is -2.32. The molecule has 2 aromatic carbocycles. The van der Waals surface area contributed by atoms with E-state index in [0.717, 1.165) is 12.0 Å². The number of aliphatic hydroxyl groups excluding tert-OH is 1. The zero-order chi connectivity index (χ0) is 21.2. The normalized spacial score (nSPS) is 12.3. The summed E-state index contributed by atoms with van der Waals surface area (Å²) >= 11 is 0. The van der Waals surface area contributed by atoms with Crippen LogP contribution in [0.3, 0.4) is 0 Å². The van der Waals surface area contributed by atoms with Crippen molar-refractivity contribution >= 4 is 15.7 Å². The molecule has 30 heavy (non-hydrogen) atoms. The lowest BCUT2D eigenvalue weighted by atomic mass is 10.1. The van der Waals surface area contributed by atoms with Crippen LogP contribution in [0.2, 0.25) is 0 Å². The van der Waals surface area contributed by atoms with Crippen molar-refractivity contribution in [1.29, 1.82) is 0 Å². The van der Waals surface area contributed by atoms with Gasteiger partial charge in [0.2, 0.25) is 0 Å². The van der Waals surface area contributed by atoms with Gasteiger partial charge in [-0.05, 0) is 54.9 Å². The molecule has 3 aromatic rings. The Bertz CT molecular complexity index is 998. The van der Waals surface area contributed by atoms with Crippen LogP contribution in [0.25, 0.3) is 0 Å². The standard InChI is InChI=1S/C22H25N3O4S/c26-20(17-29-21-5-4-13-23-16-21)15-24-14-12-18-8-10-19(11-9-18)25-30(27,28)22-6-2-1-3-7-22/h1-11,13,16,20,24-26H,12,14-15,17H2. The Kier molecular flexibility index (Phi) is 7.78. The number of aliphatic hydroxyl groups is 1. The van der Waals surface area contributed by atoms with Gasteiger partial charge in [0.15, 0.2) is 0 Å². The van der Waals surface area contributed by atoms with Gasteiger partial charge in [-0.15, -0.1) is 0 Å². The summed E-state index contributed by atoms with van der Waals surface area (Å²) in [5.41, 5.74) is 1.57. The van der Waals surface area contributed by atoms with Crippen LogP contribution in [0, 0.1) is 0 Å². The number of anilines is 1. The lowest BCUT2D eigenvalue weighted by Gasteiger charge is -2.13. The van der Waals surface area contributed by atoms with Crippen LogP contribution in [0.4, 0.5) is 5.69 Å². The molecule has 1 atom stereocenters. The largest absolute Gasteiger partial charge is 0.489 e. The molecule has 0 fully saturated rings. The topological polar surface area (TPSA) is 101 Å². The number of benzene rings is 2. The Labute approximate surface area is 176 Å². The first-order chi connectivity index (χ1) is 14.5. The molecule has 0 radical (unpaired) electrons. The molecule has 0 bridgehead atoms. The number of rotatable bonds is 11. The average Bonchev–Trinajstić information content (AvgIpc) is 2.77. The van der Waals surface area contributed by atoms with Gasteiger partial charge in [-0.2, -0.15) is 0 Å². The molecule has 3 N–H and O–H groups in total. The summed E-state index contributed by atoms with van der Waals surface area (Å²) in [6.45, 7) is 1.28. The van der Waals surface area contributed by atoms with E-state index in [1.807, 2.05) is 12.1 Å². The molecule has 0 spiro atoms. The Hall–Kier alpha value is -2.94. The van der Waals surface area contributed by atoms with Gasteiger partial charge in [0.1, 0.15) is 18.5 Å². The van der Waals surface area contributed by atoms with Crippen molar-refractivity contribution in [2.24, 2.45) is 0 Å². The number of ether oxygens (including phenoxy) is 1. The first kappa shape index (κ1) is 21.8. The van der Waals surface area contributed by atoms with Gasteiger partial charge >= 0.3 is 0 Å². The third-order valence-electron chi connectivity index (χ3n) is 4.31. The molecule has 3 rings (SSSR count). The second-order valence-corrected chi connectivity index (χ2v) is 8.41. The first-order valence-electron chi connectivity index (χ1n) is 9.61. The maximum Gasteiger partial charge on any atom is 0.261 e. The third kappa shape index (κ3) is 6.84. The van der Waals surface area contributed by atoms with Crippen LogP contribution in [-0.2, 0) is 16.4 Å². The van der Waals surface area contributed by atoms with Gasteiger partial charge in [0, 0.05) is 18.4 Å². The summed E-state index contributed by atoms with van der Waals surface area (Å²) in [7, 11) is -3.59. The summed E-state index contributed by atoms with van der Waals surface area (Å²) in [5, 5.41) is 13.2. The summed E-state index contributed by atoms with van der Waals surface area (Å²) in [4.78, 5) is 4.18. The van der Waals surface area contributed by atoms with E-state index in [-0.39, 0.29) is 11.5 Å². The quantitative estimate of drug-likeness (QED) is 0.407. The smallest absolute Gasteiger partial charge is 0.261 e. The number of nitrogens with one attached hydrogen (secondary N) is 2. The highest BCUT2D eigenvalue weighted by Crippen LogP contribution is 2.16.